The molecule has 0 fully saturated rings. The third-order valence-electron chi connectivity index (χ3n) is 3.68. The Kier molecular flexibility index (Phi) is 4.01. The van der Waals surface area contributed by atoms with E-state index in [4.69, 9.17) is 32.7 Å². The van der Waals surface area contributed by atoms with Crippen molar-refractivity contribution in [3.05, 3.63) is 58.1 Å². The van der Waals surface area contributed by atoms with Crippen LogP contribution in [0.5, 0.6) is 11.5 Å². The van der Waals surface area contributed by atoms with Gasteiger partial charge >= 0.3 is 0 Å². The van der Waals surface area contributed by atoms with Crippen molar-refractivity contribution in [2.45, 2.75) is 24.8 Å². The molecule has 1 aliphatic heterocycles. The maximum absolute atomic E-state index is 6.65. The number of hydrogen-bond acceptors (Lipinski definition) is 2. The standard InChI is InChI=1S/C17H16Cl2O2/c1-10-7-12-8-11(3-5-15(12)21-10)17(19)14-9-13(18)4-6-16(14)20-2/h3-6,8-10,17H,7H2,1-2H3. The highest BCUT2D eigenvalue weighted by atomic mass is 35.5. The van der Waals surface area contributed by atoms with Gasteiger partial charge in [0.2, 0.25) is 0 Å². The Hall–Kier alpha value is -1.38. The summed E-state index contributed by atoms with van der Waals surface area (Å²) in [4.78, 5) is 0. The van der Waals surface area contributed by atoms with Crippen LogP contribution in [0.4, 0.5) is 0 Å². The lowest BCUT2D eigenvalue weighted by Gasteiger charge is -2.15. The molecule has 0 spiro atoms. The molecule has 2 aromatic carbocycles. The average Bonchev–Trinajstić information content (AvgIpc) is 2.85. The Bertz CT molecular complexity index is 670. The molecular weight excluding hydrogens is 307 g/mol. The van der Waals surface area contributed by atoms with E-state index in [1.54, 1.807) is 13.2 Å². The Labute approximate surface area is 134 Å². The first-order chi connectivity index (χ1) is 10.1. The summed E-state index contributed by atoms with van der Waals surface area (Å²) in [6, 6.07) is 11.6. The van der Waals surface area contributed by atoms with E-state index in [0.717, 1.165) is 29.0 Å². The lowest BCUT2D eigenvalue weighted by Crippen LogP contribution is -2.05. The lowest BCUT2D eigenvalue weighted by atomic mass is 10.00. The minimum Gasteiger partial charge on any atom is -0.496 e. The highest BCUT2D eigenvalue weighted by molar-refractivity contribution is 6.31. The van der Waals surface area contributed by atoms with Crippen molar-refractivity contribution < 1.29 is 9.47 Å². The third-order valence-corrected chi connectivity index (χ3v) is 4.40. The number of ether oxygens (including phenoxy) is 2. The van der Waals surface area contributed by atoms with E-state index >= 15 is 0 Å². The molecule has 3 rings (SSSR count). The zero-order chi connectivity index (χ0) is 15.0. The minimum atomic E-state index is -0.306. The second kappa shape index (κ2) is 5.78. The number of hydrogen-bond donors (Lipinski definition) is 0. The van der Waals surface area contributed by atoms with Crippen LogP contribution in [0.25, 0.3) is 0 Å². The molecule has 0 aromatic heterocycles. The second-order valence-corrected chi connectivity index (χ2v) is 6.12. The molecule has 2 nitrogen and oxygen atoms in total. The maximum Gasteiger partial charge on any atom is 0.123 e. The summed E-state index contributed by atoms with van der Waals surface area (Å²) < 4.78 is 11.1. The topological polar surface area (TPSA) is 18.5 Å². The van der Waals surface area contributed by atoms with Crippen molar-refractivity contribution in [2.24, 2.45) is 0 Å². The Morgan fingerprint density at radius 3 is 2.81 bits per heavy atom. The van der Waals surface area contributed by atoms with Gasteiger partial charge in [-0.05, 0) is 42.3 Å². The first-order valence-electron chi connectivity index (χ1n) is 6.85. The van der Waals surface area contributed by atoms with E-state index < -0.39 is 0 Å². The van der Waals surface area contributed by atoms with Crippen LogP contribution < -0.4 is 9.47 Å². The van der Waals surface area contributed by atoms with Crippen molar-refractivity contribution in [1.82, 2.24) is 0 Å². The Balaban J connectivity index is 1.98. The number of halogens is 2. The van der Waals surface area contributed by atoms with Crippen LogP contribution in [-0.2, 0) is 6.42 Å². The molecule has 0 saturated carbocycles. The molecule has 0 radical (unpaired) electrons. The van der Waals surface area contributed by atoms with Gasteiger partial charge in [-0.2, -0.15) is 0 Å². The summed E-state index contributed by atoms with van der Waals surface area (Å²) in [7, 11) is 1.63. The molecule has 0 aliphatic carbocycles. The summed E-state index contributed by atoms with van der Waals surface area (Å²) in [6.07, 6.45) is 1.14. The highest BCUT2D eigenvalue weighted by Gasteiger charge is 2.22. The van der Waals surface area contributed by atoms with E-state index in [2.05, 4.69) is 13.0 Å². The fraction of sp³-hybridized carbons (Fsp3) is 0.294. The smallest absolute Gasteiger partial charge is 0.123 e. The summed E-state index contributed by atoms with van der Waals surface area (Å²) >= 11 is 12.7. The van der Waals surface area contributed by atoms with Gasteiger partial charge in [0, 0.05) is 17.0 Å². The number of benzene rings is 2. The summed E-state index contributed by atoms with van der Waals surface area (Å²) in [5.41, 5.74) is 3.10. The highest BCUT2D eigenvalue weighted by Crippen LogP contribution is 2.39. The second-order valence-electron chi connectivity index (χ2n) is 5.25. The Morgan fingerprint density at radius 2 is 2.05 bits per heavy atom. The quantitative estimate of drug-likeness (QED) is 0.740. The van der Waals surface area contributed by atoms with Gasteiger partial charge in [-0.15, -0.1) is 11.6 Å². The molecule has 4 heteroatoms. The molecule has 0 bridgehead atoms. The first-order valence-corrected chi connectivity index (χ1v) is 7.67. The molecule has 0 saturated heterocycles. The minimum absolute atomic E-state index is 0.227. The van der Waals surface area contributed by atoms with Crippen LogP contribution in [-0.4, -0.2) is 13.2 Å². The molecule has 2 atom stereocenters. The molecule has 2 aromatic rings. The van der Waals surface area contributed by atoms with Crippen molar-refractivity contribution >= 4 is 23.2 Å². The fourth-order valence-electron chi connectivity index (χ4n) is 2.68. The van der Waals surface area contributed by atoms with E-state index in [0.29, 0.717) is 5.02 Å². The van der Waals surface area contributed by atoms with Crippen LogP contribution in [0.15, 0.2) is 36.4 Å². The van der Waals surface area contributed by atoms with Gasteiger partial charge in [-0.25, -0.2) is 0 Å². The van der Waals surface area contributed by atoms with E-state index in [-0.39, 0.29) is 11.5 Å². The van der Waals surface area contributed by atoms with Crippen molar-refractivity contribution in [1.29, 1.82) is 0 Å². The Morgan fingerprint density at radius 1 is 1.24 bits per heavy atom. The third kappa shape index (κ3) is 2.83. The van der Waals surface area contributed by atoms with Gasteiger partial charge in [0.15, 0.2) is 0 Å². The maximum atomic E-state index is 6.65. The monoisotopic (exact) mass is 322 g/mol. The molecule has 1 heterocycles. The van der Waals surface area contributed by atoms with E-state index in [1.807, 2.05) is 24.3 Å². The van der Waals surface area contributed by atoms with Gasteiger partial charge in [0.05, 0.1) is 12.5 Å². The lowest BCUT2D eigenvalue weighted by molar-refractivity contribution is 0.254. The van der Waals surface area contributed by atoms with Crippen LogP contribution >= 0.6 is 23.2 Å². The average molecular weight is 323 g/mol. The van der Waals surface area contributed by atoms with Gasteiger partial charge in [0.25, 0.3) is 0 Å². The molecular formula is C17H16Cl2O2. The van der Waals surface area contributed by atoms with Gasteiger partial charge in [-0.3, -0.25) is 0 Å². The number of methoxy groups -OCH3 is 1. The molecule has 21 heavy (non-hydrogen) atoms. The van der Waals surface area contributed by atoms with Gasteiger partial charge in [0.1, 0.15) is 17.6 Å². The summed E-state index contributed by atoms with van der Waals surface area (Å²) in [5.74, 6) is 1.69. The fourth-order valence-corrected chi connectivity index (χ4v) is 3.17. The number of alkyl halides is 1. The zero-order valence-corrected chi connectivity index (χ0v) is 13.4. The van der Waals surface area contributed by atoms with Crippen LogP contribution in [0.3, 0.4) is 0 Å². The predicted molar refractivity (Wildman–Crippen MR) is 85.9 cm³/mol. The summed E-state index contributed by atoms with van der Waals surface area (Å²) in [5, 5.41) is 0.342. The first kappa shape index (κ1) is 14.6. The van der Waals surface area contributed by atoms with Crippen molar-refractivity contribution in [3.63, 3.8) is 0 Å². The molecule has 110 valence electrons. The molecule has 0 amide bonds. The van der Waals surface area contributed by atoms with Crippen LogP contribution in [0.1, 0.15) is 29.0 Å². The molecule has 0 N–H and O–H groups in total. The van der Waals surface area contributed by atoms with Crippen molar-refractivity contribution in [3.8, 4) is 11.5 Å². The molecule has 2 unspecified atom stereocenters. The summed E-state index contributed by atoms with van der Waals surface area (Å²) in [6.45, 7) is 2.07. The normalized spacial score (nSPS) is 18.0. The van der Waals surface area contributed by atoms with E-state index in [9.17, 15) is 0 Å². The number of fused-ring (bicyclic) bond motifs is 1. The van der Waals surface area contributed by atoms with Crippen LogP contribution in [0, 0.1) is 0 Å². The predicted octanol–water partition coefficient (Wildman–Crippen LogP) is 5.00. The number of rotatable bonds is 3. The largest absolute Gasteiger partial charge is 0.496 e. The zero-order valence-electron chi connectivity index (χ0n) is 11.9. The SMILES string of the molecule is COc1ccc(Cl)cc1C(Cl)c1ccc2c(c1)CC(C)O2. The van der Waals surface area contributed by atoms with E-state index in [1.165, 1.54) is 5.56 Å². The van der Waals surface area contributed by atoms with Crippen LogP contribution in [0.2, 0.25) is 5.02 Å². The van der Waals surface area contributed by atoms with Crippen molar-refractivity contribution in [2.75, 3.05) is 7.11 Å². The van der Waals surface area contributed by atoms with Gasteiger partial charge < -0.3 is 9.47 Å². The molecule has 1 aliphatic rings. The van der Waals surface area contributed by atoms with Gasteiger partial charge in [-0.1, -0.05) is 23.7 Å².